The Morgan fingerprint density at radius 3 is 2.21 bits per heavy atom. The molecule has 0 bridgehead atoms. The highest BCUT2D eigenvalue weighted by Crippen LogP contribution is 2.44. The Morgan fingerprint density at radius 2 is 1.68 bits per heavy atom. The molecule has 0 amide bonds. The topological polar surface area (TPSA) is 173 Å². The van der Waals surface area contributed by atoms with Crippen molar-refractivity contribution >= 4 is 23.7 Å². The number of ether oxygens (including phenoxy) is 1. The molecule has 0 aromatic carbocycles. The number of nitrogens with two attached hydrogens (primary N) is 2. The molecule has 2 aliphatic rings. The smallest absolute Gasteiger partial charge is 0.323 e. The first-order chi connectivity index (χ1) is 15.7. The minimum atomic E-state index is -1.21. The van der Waals surface area contributed by atoms with Gasteiger partial charge in [-0.1, -0.05) is 19.3 Å². The van der Waals surface area contributed by atoms with E-state index in [0.717, 1.165) is 25.7 Å². The third kappa shape index (κ3) is 6.99. The summed E-state index contributed by atoms with van der Waals surface area (Å²) in [6, 6.07) is -4.91. The lowest BCUT2D eigenvalue weighted by Crippen LogP contribution is -2.66. The minimum absolute atomic E-state index is 0.0498. The van der Waals surface area contributed by atoms with Crippen LogP contribution in [0.2, 0.25) is 0 Å². The van der Waals surface area contributed by atoms with E-state index >= 15 is 0 Å². The number of carbonyl (C=O) groups excluding carboxylic acids is 2. The quantitative estimate of drug-likeness (QED) is 0.334. The molecule has 1 saturated carbocycles. The molecule has 1 saturated heterocycles. The van der Waals surface area contributed by atoms with Crippen LogP contribution in [-0.4, -0.2) is 74.6 Å². The van der Waals surface area contributed by atoms with Crippen molar-refractivity contribution < 1.29 is 34.1 Å². The number of nitrogens with zero attached hydrogens (tertiary/aromatic N) is 1. The lowest BCUT2D eigenvalue weighted by Gasteiger charge is -2.52. The third-order valence-corrected chi connectivity index (χ3v) is 6.95. The van der Waals surface area contributed by atoms with Crippen molar-refractivity contribution in [1.82, 2.24) is 4.90 Å². The molecule has 0 radical (unpaired) electrons. The predicted octanol–water partition coefficient (Wildman–Crippen LogP) is 1.53. The molecule has 1 aliphatic carbocycles. The van der Waals surface area contributed by atoms with Crippen LogP contribution in [0.15, 0.2) is 0 Å². The lowest BCUT2D eigenvalue weighted by atomic mass is 9.67. The maximum Gasteiger partial charge on any atom is 0.323 e. The largest absolute Gasteiger partial charge is 0.480 e. The van der Waals surface area contributed by atoms with Crippen LogP contribution in [0.4, 0.5) is 0 Å². The zero-order valence-electron chi connectivity index (χ0n) is 20.7. The fraction of sp³-hybridized carbons (Fsp3) is 0.833. The molecule has 0 aromatic rings. The van der Waals surface area contributed by atoms with Crippen LogP contribution in [0.1, 0.15) is 79.1 Å². The molecule has 10 nitrogen and oxygen atoms in total. The number of hydrogen-bond donors (Lipinski definition) is 4. The Hall–Kier alpha value is -2.04. The second-order valence-electron chi connectivity index (χ2n) is 10.8. The molecule has 10 heteroatoms. The second kappa shape index (κ2) is 11.6. The summed E-state index contributed by atoms with van der Waals surface area (Å²) in [4.78, 5) is 51.4. The van der Waals surface area contributed by atoms with Crippen LogP contribution in [0.5, 0.6) is 0 Å². The average Bonchev–Trinajstić information content (AvgIpc) is 2.73. The summed E-state index contributed by atoms with van der Waals surface area (Å²) in [6.07, 6.45) is 4.25. The van der Waals surface area contributed by atoms with Crippen molar-refractivity contribution in [2.45, 2.75) is 115 Å². The summed E-state index contributed by atoms with van der Waals surface area (Å²) >= 11 is 0. The van der Waals surface area contributed by atoms with E-state index in [2.05, 4.69) is 0 Å². The number of hydrogen-bond acceptors (Lipinski definition) is 8. The number of esters is 1. The number of carboxylic acids is 2. The van der Waals surface area contributed by atoms with Crippen LogP contribution in [0.25, 0.3) is 0 Å². The number of piperidine rings is 1. The summed E-state index contributed by atoms with van der Waals surface area (Å²) in [6.45, 7) is 6.75. The average molecular weight is 484 g/mol. The monoisotopic (exact) mass is 483 g/mol. The molecule has 0 aromatic heterocycles. The van der Waals surface area contributed by atoms with Crippen molar-refractivity contribution in [3.63, 3.8) is 0 Å². The number of ketones is 1. The van der Waals surface area contributed by atoms with Crippen molar-refractivity contribution in [3.8, 4) is 0 Å². The van der Waals surface area contributed by atoms with Gasteiger partial charge in [0, 0.05) is 0 Å². The molecular formula is C24H41N3O7. The van der Waals surface area contributed by atoms with Crippen LogP contribution in [0.3, 0.4) is 0 Å². The summed E-state index contributed by atoms with van der Waals surface area (Å²) in [5.41, 5.74) is 11.2. The zero-order chi connectivity index (χ0) is 25.8. The fourth-order valence-electron chi connectivity index (χ4n) is 5.46. The Kier molecular flexibility index (Phi) is 9.62. The van der Waals surface area contributed by atoms with E-state index in [-0.39, 0.29) is 36.9 Å². The maximum atomic E-state index is 13.2. The first kappa shape index (κ1) is 28.2. The number of aliphatic carboxylic acids is 2. The summed E-state index contributed by atoms with van der Waals surface area (Å²) in [5, 5.41) is 20.1. The molecule has 1 heterocycles. The van der Waals surface area contributed by atoms with Gasteiger partial charge < -0.3 is 26.4 Å². The van der Waals surface area contributed by atoms with Gasteiger partial charge in [-0.2, -0.15) is 0 Å². The molecule has 194 valence electrons. The van der Waals surface area contributed by atoms with Gasteiger partial charge in [0.05, 0.1) is 12.1 Å². The molecular weight excluding hydrogens is 442 g/mol. The number of rotatable bonds is 10. The molecule has 2 fully saturated rings. The van der Waals surface area contributed by atoms with Crippen LogP contribution in [-0.2, 0) is 23.9 Å². The van der Waals surface area contributed by atoms with E-state index in [1.54, 1.807) is 27.7 Å². The normalized spacial score (nSPS) is 28.3. The van der Waals surface area contributed by atoms with Gasteiger partial charge in [-0.05, 0) is 71.6 Å². The molecule has 2 rings (SSSR count). The highest BCUT2D eigenvalue weighted by Gasteiger charge is 2.52. The van der Waals surface area contributed by atoms with Crippen molar-refractivity contribution in [2.24, 2.45) is 23.3 Å². The second-order valence-corrected chi connectivity index (χ2v) is 10.8. The van der Waals surface area contributed by atoms with E-state index < -0.39 is 53.7 Å². The standard InChI is InChI=1S/C24H41N3O7/c1-13(25)20(28)19-15-9-6-5-8-14(15)12-18(22(31)32)27(19)17(21(29)30)11-7-10-16(26)23(33)34-24(2,3)4/h13-19H,5-12,25-26H2,1-4H3,(H,29,30)(H,31,32)/t13-,14?,15?,16?,17?,18?,19?/m0/s1. The Labute approximate surface area is 201 Å². The van der Waals surface area contributed by atoms with Gasteiger partial charge in [0.2, 0.25) is 0 Å². The van der Waals surface area contributed by atoms with Crippen molar-refractivity contribution in [2.75, 3.05) is 0 Å². The Bertz CT molecular complexity index is 764. The minimum Gasteiger partial charge on any atom is -0.480 e. The van der Waals surface area contributed by atoms with E-state index in [0.29, 0.717) is 6.42 Å². The number of carbonyl (C=O) groups is 4. The first-order valence-electron chi connectivity index (χ1n) is 12.3. The number of carboxylic acid groups (broad SMARTS) is 2. The highest BCUT2D eigenvalue weighted by molar-refractivity contribution is 5.91. The summed E-state index contributed by atoms with van der Waals surface area (Å²) in [5.74, 6) is -3.30. The van der Waals surface area contributed by atoms with Gasteiger partial charge in [-0.25, -0.2) is 0 Å². The molecule has 6 unspecified atom stereocenters. The lowest BCUT2D eigenvalue weighted by molar-refractivity contribution is -0.164. The van der Waals surface area contributed by atoms with Gasteiger partial charge in [-0.3, -0.25) is 24.1 Å². The SMILES string of the molecule is C[C@H](N)C(=O)C1C2CCCCC2CC(C(=O)O)N1C(CCCC(N)C(=O)OC(C)(C)C)C(=O)O. The van der Waals surface area contributed by atoms with Crippen LogP contribution < -0.4 is 11.5 Å². The van der Waals surface area contributed by atoms with E-state index in [1.165, 1.54) is 4.90 Å². The molecule has 0 spiro atoms. The Morgan fingerprint density at radius 1 is 1.06 bits per heavy atom. The van der Waals surface area contributed by atoms with Crippen molar-refractivity contribution in [3.05, 3.63) is 0 Å². The Balaban J connectivity index is 2.27. The maximum absolute atomic E-state index is 13.2. The van der Waals surface area contributed by atoms with Crippen LogP contribution in [0, 0.1) is 11.8 Å². The highest BCUT2D eigenvalue weighted by atomic mass is 16.6. The molecule has 6 N–H and O–H groups in total. The van der Waals surface area contributed by atoms with Gasteiger partial charge in [0.15, 0.2) is 5.78 Å². The summed E-state index contributed by atoms with van der Waals surface area (Å²) in [7, 11) is 0. The van der Waals surface area contributed by atoms with Gasteiger partial charge in [0.1, 0.15) is 23.7 Å². The summed E-state index contributed by atoms with van der Waals surface area (Å²) < 4.78 is 5.28. The fourth-order valence-corrected chi connectivity index (χ4v) is 5.46. The van der Waals surface area contributed by atoms with E-state index in [1.807, 2.05) is 0 Å². The number of likely N-dealkylation sites (tertiary alicyclic amines) is 1. The first-order valence-corrected chi connectivity index (χ1v) is 12.3. The molecule has 34 heavy (non-hydrogen) atoms. The zero-order valence-corrected chi connectivity index (χ0v) is 20.7. The molecule has 1 aliphatic heterocycles. The molecule has 7 atom stereocenters. The van der Waals surface area contributed by atoms with E-state index in [9.17, 15) is 29.4 Å². The number of Topliss-reactive ketones (excluding diaryl/α,β-unsaturated/α-hetero) is 1. The number of fused-ring (bicyclic) bond motifs is 1. The predicted molar refractivity (Wildman–Crippen MR) is 125 cm³/mol. The van der Waals surface area contributed by atoms with Gasteiger partial charge in [0.25, 0.3) is 0 Å². The third-order valence-electron chi connectivity index (χ3n) is 6.95. The van der Waals surface area contributed by atoms with Gasteiger partial charge in [-0.15, -0.1) is 0 Å². The van der Waals surface area contributed by atoms with E-state index in [4.69, 9.17) is 16.2 Å². The van der Waals surface area contributed by atoms with Crippen LogP contribution >= 0.6 is 0 Å². The van der Waals surface area contributed by atoms with Crippen molar-refractivity contribution in [1.29, 1.82) is 0 Å². The van der Waals surface area contributed by atoms with Gasteiger partial charge >= 0.3 is 17.9 Å².